The lowest BCUT2D eigenvalue weighted by Crippen LogP contribution is -2.43. The SMILES string of the molecule is CCC(C)c1cc(F)c2cnc(N)nn12.O=S(=O)(C1CC1)N1CCCC(O)C1. The highest BCUT2D eigenvalue weighted by Crippen LogP contribution is 2.32. The Morgan fingerprint density at radius 1 is 1.39 bits per heavy atom. The average molecular weight is 414 g/mol. The largest absolute Gasteiger partial charge is 0.392 e. The number of aliphatic hydroxyl groups excluding tert-OH is 1. The van der Waals surface area contributed by atoms with Gasteiger partial charge in [-0.05, 0) is 44.1 Å². The van der Waals surface area contributed by atoms with E-state index in [-0.39, 0.29) is 22.9 Å². The fourth-order valence-electron chi connectivity index (χ4n) is 3.28. The highest BCUT2D eigenvalue weighted by molar-refractivity contribution is 7.90. The fourth-order valence-corrected chi connectivity index (χ4v) is 5.19. The normalized spacial score (nSPS) is 21.9. The number of aromatic nitrogens is 3. The molecule has 1 saturated heterocycles. The lowest BCUT2D eigenvalue weighted by atomic mass is 10.1. The summed E-state index contributed by atoms with van der Waals surface area (Å²) in [7, 11) is -3.05. The molecule has 0 radical (unpaired) electrons. The Labute approximate surface area is 164 Å². The molecule has 0 bridgehead atoms. The molecular formula is C18H28FN5O3S. The third-order valence-electron chi connectivity index (χ3n) is 5.30. The number of nitrogen functional groups attached to an aromatic ring is 1. The van der Waals surface area contributed by atoms with Crippen LogP contribution in [0.25, 0.3) is 5.52 Å². The molecule has 2 atom stereocenters. The predicted molar refractivity (Wildman–Crippen MR) is 105 cm³/mol. The Bertz CT molecular complexity index is 929. The van der Waals surface area contributed by atoms with Gasteiger partial charge < -0.3 is 10.8 Å². The first kappa shape index (κ1) is 20.9. The molecule has 2 aliphatic rings. The van der Waals surface area contributed by atoms with Crippen LogP contribution < -0.4 is 5.73 Å². The van der Waals surface area contributed by atoms with Gasteiger partial charge in [0.2, 0.25) is 16.0 Å². The average Bonchev–Trinajstić information content (AvgIpc) is 3.47. The van der Waals surface area contributed by atoms with Crippen molar-refractivity contribution in [2.45, 2.75) is 63.2 Å². The molecule has 1 saturated carbocycles. The van der Waals surface area contributed by atoms with E-state index in [1.54, 1.807) is 0 Å². The summed E-state index contributed by atoms with van der Waals surface area (Å²) in [6.07, 6.45) is 4.99. The lowest BCUT2D eigenvalue weighted by Gasteiger charge is -2.29. The number of β-amino-alcohol motifs (C(OH)–C–C–N with tert-alkyl or cyclic N) is 1. The molecule has 3 N–H and O–H groups in total. The molecule has 1 aliphatic heterocycles. The van der Waals surface area contributed by atoms with Crippen molar-refractivity contribution in [1.82, 2.24) is 18.9 Å². The van der Waals surface area contributed by atoms with Gasteiger partial charge in [-0.1, -0.05) is 13.8 Å². The minimum absolute atomic E-state index is 0.141. The number of halogens is 1. The van der Waals surface area contributed by atoms with Gasteiger partial charge in [0, 0.05) is 18.8 Å². The lowest BCUT2D eigenvalue weighted by molar-refractivity contribution is 0.108. The Morgan fingerprint density at radius 2 is 2.11 bits per heavy atom. The first-order chi connectivity index (χ1) is 13.2. The van der Waals surface area contributed by atoms with E-state index >= 15 is 0 Å². The van der Waals surface area contributed by atoms with Crippen molar-refractivity contribution in [3.63, 3.8) is 0 Å². The van der Waals surface area contributed by atoms with Crippen molar-refractivity contribution >= 4 is 21.5 Å². The predicted octanol–water partition coefficient (Wildman–Crippen LogP) is 1.90. The maximum Gasteiger partial charge on any atom is 0.238 e. The molecule has 0 spiro atoms. The number of anilines is 1. The van der Waals surface area contributed by atoms with Crippen LogP contribution in [0.15, 0.2) is 12.3 Å². The van der Waals surface area contributed by atoms with Crippen molar-refractivity contribution in [2.24, 2.45) is 0 Å². The molecule has 10 heteroatoms. The molecule has 28 heavy (non-hydrogen) atoms. The van der Waals surface area contributed by atoms with Crippen LogP contribution in [0.4, 0.5) is 10.3 Å². The van der Waals surface area contributed by atoms with E-state index in [2.05, 4.69) is 10.1 Å². The van der Waals surface area contributed by atoms with Gasteiger partial charge in [-0.15, -0.1) is 5.10 Å². The molecule has 2 aromatic rings. The van der Waals surface area contributed by atoms with Gasteiger partial charge in [0.05, 0.1) is 17.6 Å². The summed E-state index contributed by atoms with van der Waals surface area (Å²) in [5, 5.41) is 13.2. The molecule has 156 valence electrons. The van der Waals surface area contributed by atoms with E-state index in [1.165, 1.54) is 21.1 Å². The number of aliphatic hydroxyl groups is 1. The molecule has 4 rings (SSSR count). The van der Waals surface area contributed by atoms with E-state index in [0.717, 1.165) is 37.8 Å². The number of nitrogens with two attached hydrogens (primary N) is 1. The highest BCUT2D eigenvalue weighted by atomic mass is 32.2. The van der Waals surface area contributed by atoms with Crippen molar-refractivity contribution < 1.29 is 17.9 Å². The standard InChI is InChI=1S/C10H13FN4.C8H15NO3S/c1-3-6(2)8-4-7(11)9-5-13-10(12)14-15(8)9;10-7-2-1-5-9(6-7)13(11,12)8-3-4-8/h4-6H,3H2,1-2H3,(H2,12,14);7-8,10H,1-6H2. The van der Waals surface area contributed by atoms with Gasteiger partial charge in [-0.2, -0.15) is 4.31 Å². The summed E-state index contributed by atoms with van der Waals surface area (Å²) < 4.78 is 39.9. The second kappa shape index (κ2) is 8.30. The van der Waals surface area contributed by atoms with Gasteiger partial charge in [-0.3, -0.25) is 0 Å². The summed E-state index contributed by atoms with van der Waals surface area (Å²) >= 11 is 0. The molecule has 2 unspecified atom stereocenters. The summed E-state index contributed by atoms with van der Waals surface area (Å²) in [6.45, 7) is 4.97. The van der Waals surface area contributed by atoms with E-state index in [9.17, 15) is 17.9 Å². The number of hydrogen-bond acceptors (Lipinski definition) is 6. The van der Waals surface area contributed by atoms with Crippen molar-refractivity contribution in [3.05, 3.63) is 23.8 Å². The molecule has 2 aromatic heterocycles. The monoisotopic (exact) mass is 413 g/mol. The zero-order chi connectivity index (χ0) is 20.5. The Kier molecular flexibility index (Phi) is 6.21. The van der Waals surface area contributed by atoms with Crippen LogP contribution >= 0.6 is 0 Å². The quantitative estimate of drug-likeness (QED) is 0.791. The number of piperidine rings is 1. The summed E-state index contributed by atoms with van der Waals surface area (Å²) in [6, 6.07) is 1.50. The van der Waals surface area contributed by atoms with Crippen molar-refractivity contribution in [3.8, 4) is 0 Å². The van der Waals surface area contributed by atoms with E-state index in [1.807, 2.05) is 13.8 Å². The minimum atomic E-state index is -3.05. The Morgan fingerprint density at radius 3 is 2.71 bits per heavy atom. The number of rotatable bonds is 4. The second-order valence-corrected chi connectivity index (χ2v) is 9.75. The van der Waals surface area contributed by atoms with Crippen LogP contribution in [0, 0.1) is 5.82 Å². The van der Waals surface area contributed by atoms with Crippen LogP contribution in [0.1, 0.15) is 57.6 Å². The molecular weight excluding hydrogens is 385 g/mol. The zero-order valence-electron chi connectivity index (χ0n) is 16.3. The minimum Gasteiger partial charge on any atom is -0.392 e. The van der Waals surface area contributed by atoms with Crippen molar-refractivity contribution in [1.29, 1.82) is 0 Å². The van der Waals surface area contributed by atoms with Crippen molar-refractivity contribution in [2.75, 3.05) is 18.8 Å². The third-order valence-corrected chi connectivity index (χ3v) is 7.66. The Balaban J connectivity index is 0.000000162. The van der Waals surface area contributed by atoms with Crippen LogP contribution in [-0.2, 0) is 10.0 Å². The summed E-state index contributed by atoms with van der Waals surface area (Å²) in [4.78, 5) is 3.77. The number of hydrogen-bond donors (Lipinski definition) is 2. The van der Waals surface area contributed by atoms with Gasteiger partial charge >= 0.3 is 0 Å². The van der Waals surface area contributed by atoms with Gasteiger partial charge in [0.15, 0.2) is 5.82 Å². The summed E-state index contributed by atoms with van der Waals surface area (Å²) in [5.41, 5.74) is 6.69. The first-order valence-corrected chi connectivity index (χ1v) is 11.2. The third kappa shape index (κ3) is 4.44. The first-order valence-electron chi connectivity index (χ1n) is 9.70. The van der Waals surface area contributed by atoms with Gasteiger partial charge in [0.1, 0.15) is 5.52 Å². The van der Waals surface area contributed by atoms with E-state index in [4.69, 9.17) is 5.73 Å². The number of sulfonamides is 1. The molecule has 2 fully saturated rings. The highest BCUT2D eigenvalue weighted by Gasteiger charge is 2.41. The van der Waals surface area contributed by atoms with Crippen LogP contribution in [0.2, 0.25) is 0 Å². The Hall–Kier alpha value is -1.78. The zero-order valence-corrected chi connectivity index (χ0v) is 17.1. The van der Waals surface area contributed by atoms with Crippen LogP contribution in [-0.4, -0.2) is 56.9 Å². The molecule has 0 aromatic carbocycles. The summed E-state index contributed by atoms with van der Waals surface area (Å²) in [5.74, 6) is 0.101. The topological polar surface area (TPSA) is 114 Å². The molecule has 1 aliphatic carbocycles. The molecule has 0 amide bonds. The van der Waals surface area contributed by atoms with E-state index < -0.39 is 16.1 Å². The number of nitrogens with zero attached hydrogens (tertiary/aromatic N) is 4. The van der Waals surface area contributed by atoms with Gasteiger partial charge in [-0.25, -0.2) is 22.3 Å². The fraction of sp³-hybridized carbons (Fsp3) is 0.667. The maximum atomic E-state index is 13.5. The maximum absolute atomic E-state index is 13.5. The van der Waals surface area contributed by atoms with E-state index in [0.29, 0.717) is 18.6 Å². The second-order valence-electron chi connectivity index (χ2n) is 7.54. The van der Waals surface area contributed by atoms with Gasteiger partial charge in [0.25, 0.3) is 0 Å². The molecule has 3 heterocycles. The molecule has 8 nitrogen and oxygen atoms in total. The number of fused-ring (bicyclic) bond motifs is 1. The van der Waals surface area contributed by atoms with Crippen LogP contribution in [0.3, 0.4) is 0 Å². The van der Waals surface area contributed by atoms with Crippen LogP contribution in [0.5, 0.6) is 0 Å². The smallest absolute Gasteiger partial charge is 0.238 e.